The van der Waals surface area contributed by atoms with E-state index in [9.17, 15) is 9.18 Å². The molecule has 94 valence electrons. The zero-order valence-electron chi connectivity index (χ0n) is 10.1. The van der Waals surface area contributed by atoms with Gasteiger partial charge < -0.3 is 5.32 Å². The summed E-state index contributed by atoms with van der Waals surface area (Å²) in [5.74, 6) is -0.784. The van der Waals surface area contributed by atoms with E-state index in [2.05, 4.69) is 10.3 Å². The highest BCUT2D eigenvalue weighted by molar-refractivity contribution is 6.05. The first-order chi connectivity index (χ1) is 9.11. The molecule has 0 bridgehead atoms. The Bertz CT molecular complexity index is 677. The van der Waals surface area contributed by atoms with Gasteiger partial charge in [-0.15, -0.1) is 0 Å². The standard InChI is InChI=1S/C14H10FN3O/c1-9-6-11(2-3-13(9)15)18-14(19)12-8-17-5-4-10(12)7-16/h2-6,8H,1H3,(H,18,19). The van der Waals surface area contributed by atoms with E-state index in [1.165, 1.54) is 36.7 Å². The van der Waals surface area contributed by atoms with E-state index < -0.39 is 5.91 Å². The van der Waals surface area contributed by atoms with E-state index in [1.54, 1.807) is 6.92 Å². The van der Waals surface area contributed by atoms with Gasteiger partial charge in [0.2, 0.25) is 0 Å². The molecule has 0 aliphatic rings. The van der Waals surface area contributed by atoms with Crippen LogP contribution in [-0.2, 0) is 0 Å². The molecule has 0 saturated carbocycles. The molecular formula is C14H10FN3O. The van der Waals surface area contributed by atoms with Gasteiger partial charge in [-0.05, 0) is 36.8 Å². The Morgan fingerprint density at radius 1 is 1.42 bits per heavy atom. The molecule has 0 radical (unpaired) electrons. The van der Waals surface area contributed by atoms with Crippen molar-refractivity contribution in [3.8, 4) is 6.07 Å². The van der Waals surface area contributed by atoms with Crippen LogP contribution in [-0.4, -0.2) is 10.9 Å². The van der Waals surface area contributed by atoms with Crippen molar-refractivity contribution in [1.82, 2.24) is 4.98 Å². The van der Waals surface area contributed by atoms with Crippen LogP contribution in [0.2, 0.25) is 0 Å². The number of aryl methyl sites for hydroxylation is 1. The SMILES string of the molecule is Cc1cc(NC(=O)c2cnccc2C#N)ccc1F. The molecule has 2 rings (SSSR count). The number of hydrogen-bond donors (Lipinski definition) is 1. The molecule has 1 N–H and O–H groups in total. The largest absolute Gasteiger partial charge is 0.322 e. The van der Waals surface area contributed by atoms with Gasteiger partial charge in [-0.2, -0.15) is 5.26 Å². The number of hydrogen-bond acceptors (Lipinski definition) is 3. The lowest BCUT2D eigenvalue weighted by molar-refractivity contribution is 0.102. The van der Waals surface area contributed by atoms with Crippen molar-refractivity contribution >= 4 is 11.6 Å². The molecule has 0 unspecified atom stereocenters. The Morgan fingerprint density at radius 2 is 2.21 bits per heavy atom. The Morgan fingerprint density at radius 3 is 2.89 bits per heavy atom. The summed E-state index contributed by atoms with van der Waals surface area (Å²) in [5, 5.41) is 11.5. The second kappa shape index (κ2) is 5.27. The van der Waals surface area contributed by atoms with Gasteiger partial charge in [0, 0.05) is 18.1 Å². The van der Waals surface area contributed by atoms with Gasteiger partial charge in [0.1, 0.15) is 11.9 Å². The Labute approximate surface area is 109 Å². The number of carbonyl (C=O) groups is 1. The summed E-state index contributed by atoms with van der Waals surface area (Å²) in [6, 6.07) is 7.65. The third kappa shape index (κ3) is 2.75. The third-order valence-corrected chi connectivity index (χ3v) is 2.60. The van der Waals surface area contributed by atoms with E-state index in [0.717, 1.165) is 0 Å². The molecular weight excluding hydrogens is 245 g/mol. The molecule has 4 nitrogen and oxygen atoms in total. The van der Waals surface area contributed by atoms with Crippen molar-refractivity contribution in [3.63, 3.8) is 0 Å². The van der Waals surface area contributed by atoms with Crippen LogP contribution < -0.4 is 5.32 Å². The summed E-state index contributed by atoms with van der Waals surface area (Å²) in [4.78, 5) is 15.8. The zero-order chi connectivity index (χ0) is 13.8. The number of aromatic nitrogens is 1. The van der Waals surface area contributed by atoms with E-state index in [1.807, 2.05) is 6.07 Å². The number of halogens is 1. The van der Waals surface area contributed by atoms with E-state index in [0.29, 0.717) is 11.3 Å². The van der Waals surface area contributed by atoms with Crippen LogP contribution in [0.3, 0.4) is 0 Å². The normalized spacial score (nSPS) is 9.74. The van der Waals surface area contributed by atoms with Crippen LogP contribution in [0.4, 0.5) is 10.1 Å². The number of nitrogens with zero attached hydrogens (tertiary/aromatic N) is 2. The van der Waals surface area contributed by atoms with E-state index in [-0.39, 0.29) is 16.9 Å². The highest BCUT2D eigenvalue weighted by Gasteiger charge is 2.12. The summed E-state index contributed by atoms with van der Waals surface area (Å²) >= 11 is 0. The van der Waals surface area contributed by atoms with Crippen molar-refractivity contribution in [2.45, 2.75) is 6.92 Å². The number of benzene rings is 1. The molecule has 0 fully saturated rings. The lowest BCUT2D eigenvalue weighted by atomic mass is 10.1. The van der Waals surface area contributed by atoms with Gasteiger partial charge in [0.05, 0.1) is 11.1 Å². The van der Waals surface area contributed by atoms with Crippen molar-refractivity contribution in [3.05, 3.63) is 59.2 Å². The number of amides is 1. The summed E-state index contributed by atoms with van der Waals surface area (Å²) in [6.07, 6.45) is 2.77. The number of nitriles is 1. The van der Waals surface area contributed by atoms with Gasteiger partial charge >= 0.3 is 0 Å². The van der Waals surface area contributed by atoms with Gasteiger partial charge in [-0.3, -0.25) is 9.78 Å². The summed E-state index contributed by atoms with van der Waals surface area (Å²) < 4.78 is 13.1. The van der Waals surface area contributed by atoms with Gasteiger partial charge in [-0.25, -0.2) is 4.39 Å². The van der Waals surface area contributed by atoms with E-state index in [4.69, 9.17) is 5.26 Å². The minimum Gasteiger partial charge on any atom is -0.322 e. The molecule has 0 spiro atoms. The number of anilines is 1. The highest BCUT2D eigenvalue weighted by atomic mass is 19.1. The topological polar surface area (TPSA) is 65.8 Å². The first kappa shape index (κ1) is 12.7. The van der Waals surface area contributed by atoms with Crippen molar-refractivity contribution < 1.29 is 9.18 Å². The maximum Gasteiger partial charge on any atom is 0.258 e. The molecule has 0 saturated heterocycles. The third-order valence-electron chi connectivity index (χ3n) is 2.60. The van der Waals surface area contributed by atoms with Gasteiger partial charge in [0.15, 0.2) is 0 Å². The van der Waals surface area contributed by atoms with Crippen LogP contribution in [0.1, 0.15) is 21.5 Å². The van der Waals surface area contributed by atoms with Gasteiger partial charge in [-0.1, -0.05) is 0 Å². The van der Waals surface area contributed by atoms with Crippen LogP contribution >= 0.6 is 0 Å². The average Bonchev–Trinajstić information content (AvgIpc) is 2.43. The van der Waals surface area contributed by atoms with Crippen molar-refractivity contribution in [2.24, 2.45) is 0 Å². The molecule has 2 aromatic rings. The van der Waals surface area contributed by atoms with Crippen molar-refractivity contribution in [1.29, 1.82) is 5.26 Å². The maximum atomic E-state index is 13.1. The minimum absolute atomic E-state index is 0.187. The average molecular weight is 255 g/mol. The number of rotatable bonds is 2. The number of carbonyl (C=O) groups excluding carboxylic acids is 1. The molecule has 1 heterocycles. The fraction of sp³-hybridized carbons (Fsp3) is 0.0714. The lowest BCUT2D eigenvalue weighted by Gasteiger charge is -2.07. The molecule has 0 aliphatic carbocycles. The predicted molar refractivity (Wildman–Crippen MR) is 68.0 cm³/mol. The molecule has 19 heavy (non-hydrogen) atoms. The Kier molecular flexibility index (Phi) is 3.53. The van der Waals surface area contributed by atoms with Crippen molar-refractivity contribution in [2.75, 3.05) is 5.32 Å². The molecule has 5 heteroatoms. The quantitative estimate of drug-likeness (QED) is 0.897. The molecule has 0 atom stereocenters. The fourth-order valence-corrected chi connectivity index (χ4v) is 1.59. The van der Waals surface area contributed by atoms with Crippen LogP contribution in [0.15, 0.2) is 36.7 Å². The second-order valence-corrected chi connectivity index (χ2v) is 3.95. The number of pyridine rings is 1. The smallest absolute Gasteiger partial charge is 0.258 e. The first-order valence-electron chi connectivity index (χ1n) is 5.53. The highest BCUT2D eigenvalue weighted by Crippen LogP contribution is 2.15. The Hall–Kier alpha value is -2.74. The van der Waals surface area contributed by atoms with Crippen LogP contribution in [0.5, 0.6) is 0 Å². The minimum atomic E-state index is -0.448. The molecule has 1 aromatic heterocycles. The first-order valence-corrected chi connectivity index (χ1v) is 5.53. The fourth-order valence-electron chi connectivity index (χ4n) is 1.59. The molecule has 0 aliphatic heterocycles. The summed E-state index contributed by atoms with van der Waals surface area (Å²) in [5.41, 5.74) is 1.33. The Balaban J connectivity index is 2.26. The predicted octanol–water partition coefficient (Wildman–Crippen LogP) is 2.65. The number of nitrogens with one attached hydrogen (secondary N) is 1. The lowest BCUT2D eigenvalue weighted by Crippen LogP contribution is -2.14. The molecule has 1 amide bonds. The second-order valence-electron chi connectivity index (χ2n) is 3.95. The van der Waals surface area contributed by atoms with Crippen LogP contribution in [0.25, 0.3) is 0 Å². The maximum absolute atomic E-state index is 13.1. The monoisotopic (exact) mass is 255 g/mol. The summed E-state index contributed by atoms with van der Waals surface area (Å²) in [6.45, 7) is 1.61. The van der Waals surface area contributed by atoms with Crippen LogP contribution in [0, 0.1) is 24.1 Å². The zero-order valence-corrected chi connectivity index (χ0v) is 10.1. The summed E-state index contributed by atoms with van der Waals surface area (Å²) in [7, 11) is 0. The van der Waals surface area contributed by atoms with Gasteiger partial charge in [0.25, 0.3) is 5.91 Å². The molecule has 1 aromatic carbocycles. The van der Waals surface area contributed by atoms with E-state index >= 15 is 0 Å².